The van der Waals surface area contributed by atoms with Gasteiger partial charge in [-0.1, -0.05) is 36.4 Å². The molecule has 0 radical (unpaired) electrons. The molecule has 0 saturated carbocycles. The third kappa shape index (κ3) is 4.59. The Balaban J connectivity index is 1.42. The highest BCUT2D eigenvalue weighted by atomic mass is 16.5. The summed E-state index contributed by atoms with van der Waals surface area (Å²) in [6.07, 6.45) is 1.99. The number of aliphatic hydroxyl groups excluding tert-OH is 1. The van der Waals surface area contributed by atoms with Crippen LogP contribution in [0.15, 0.2) is 48.5 Å². The Morgan fingerprint density at radius 1 is 1.20 bits per heavy atom. The van der Waals surface area contributed by atoms with Crippen LogP contribution in [-0.2, 0) is 17.6 Å². The summed E-state index contributed by atoms with van der Waals surface area (Å²) < 4.78 is 5.79. The van der Waals surface area contributed by atoms with Crippen LogP contribution in [0, 0.1) is 0 Å². The second-order valence-corrected chi connectivity index (χ2v) is 6.21. The average molecular weight is 340 g/mol. The van der Waals surface area contributed by atoms with Crippen molar-refractivity contribution in [3.8, 4) is 5.75 Å². The number of fused-ring (bicyclic) bond motifs is 1. The molecule has 0 fully saturated rings. The van der Waals surface area contributed by atoms with Crippen LogP contribution in [0.2, 0.25) is 0 Å². The molecule has 1 atom stereocenters. The van der Waals surface area contributed by atoms with E-state index in [1.54, 1.807) is 4.90 Å². The molecule has 0 spiro atoms. The molecule has 2 aromatic rings. The lowest BCUT2D eigenvalue weighted by atomic mass is 10.1. The van der Waals surface area contributed by atoms with Crippen molar-refractivity contribution in [3.63, 3.8) is 0 Å². The van der Waals surface area contributed by atoms with Crippen molar-refractivity contribution in [3.05, 3.63) is 59.7 Å². The summed E-state index contributed by atoms with van der Waals surface area (Å²) in [4.78, 5) is 12.7. The first kappa shape index (κ1) is 17.5. The largest absolute Gasteiger partial charge is 0.490 e. The smallest absolute Gasteiger partial charge is 0.214 e. The number of benzene rings is 2. The number of aliphatic hydroxyl groups is 1. The minimum absolute atomic E-state index is 0.232. The molecule has 0 saturated heterocycles. The van der Waals surface area contributed by atoms with Crippen LogP contribution >= 0.6 is 0 Å². The third-order valence-corrected chi connectivity index (χ3v) is 4.39. The van der Waals surface area contributed by atoms with Gasteiger partial charge in [-0.3, -0.25) is 4.79 Å². The summed E-state index contributed by atoms with van der Waals surface area (Å²) >= 11 is 0. The summed E-state index contributed by atoms with van der Waals surface area (Å²) in [5.41, 5.74) is 3.22. The van der Waals surface area contributed by atoms with Crippen molar-refractivity contribution in [1.82, 2.24) is 5.32 Å². The standard InChI is InChI=1S/C20H24N2O3/c23-15-22-12-10-18-19(22)7-4-8-20(18)25-14-17(24)13-21-11-9-16-5-2-1-3-6-16/h1-8,15,17,21,24H,9-14H2. The van der Waals surface area contributed by atoms with Crippen LogP contribution in [0.4, 0.5) is 5.69 Å². The Hall–Kier alpha value is -2.37. The molecule has 0 aliphatic carbocycles. The van der Waals surface area contributed by atoms with Gasteiger partial charge in [0.05, 0.1) is 5.69 Å². The van der Waals surface area contributed by atoms with Crippen LogP contribution in [0.3, 0.4) is 0 Å². The number of hydrogen-bond acceptors (Lipinski definition) is 4. The summed E-state index contributed by atoms with van der Waals surface area (Å²) in [5.74, 6) is 0.755. The number of carbonyl (C=O) groups excluding carboxylic acids is 1. The Bertz CT molecular complexity index is 691. The van der Waals surface area contributed by atoms with E-state index in [4.69, 9.17) is 4.74 Å². The van der Waals surface area contributed by atoms with Crippen molar-refractivity contribution in [1.29, 1.82) is 0 Å². The maximum Gasteiger partial charge on any atom is 0.214 e. The lowest BCUT2D eigenvalue weighted by Crippen LogP contribution is -2.32. The second-order valence-electron chi connectivity index (χ2n) is 6.21. The van der Waals surface area contributed by atoms with E-state index in [9.17, 15) is 9.90 Å². The van der Waals surface area contributed by atoms with Gasteiger partial charge in [0, 0.05) is 18.7 Å². The van der Waals surface area contributed by atoms with E-state index in [0.29, 0.717) is 13.1 Å². The predicted octanol–water partition coefficient (Wildman–Crippen LogP) is 1.78. The number of rotatable bonds is 9. The van der Waals surface area contributed by atoms with Gasteiger partial charge in [-0.2, -0.15) is 0 Å². The first-order valence-electron chi connectivity index (χ1n) is 8.67. The molecule has 1 heterocycles. The van der Waals surface area contributed by atoms with Gasteiger partial charge in [0.15, 0.2) is 0 Å². The highest BCUT2D eigenvalue weighted by Gasteiger charge is 2.22. The van der Waals surface area contributed by atoms with Gasteiger partial charge >= 0.3 is 0 Å². The zero-order chi connectivity index (χ0) is 17.5. The molecular weight excluding hydrogens is 316 g/mol. The average Bonchev–Trinajstić information content (AvgIpc) is 3.08. The number of anilines is 1. The fourth-order valence-corrected chi connectivity index (χ4v) is 3.06. The predicted molar refractivity (Wildman–Crippen MR) is 98.1 cm³/mol. The highest BCUT2D eigenvalue weighted by molar-refractivity contribution is 5.81. The molecule has 2 N–H and O–H groups in total. The molecule has 0 aromatic heterocycles. The van der Waals surface area contributed by atoms with Crippen LogP contribution in [0.1, 0.15) is 11.1 Å². The SMILES string of the molecule is O=CN1CCc2c(OCC(O)CNCCc3ccccc3)cccc21. The van der Waals surface area contributed by atoms with Crippen molar-refractivity contribution in [2.24, 2.45) is 0 Å². The number of ether oxygens (including phenoxy) is 1. The van der Waals surface area contributed by atoms with Crippen molar-refractivity contribution >= 4 is 12.1 Å². The zero-order valence-electron chi connectivity index (χ0n) is 14.2. The molecule has 2 aromatic carbocycles. The first-order valence-corrected chi connectivity index (χ1v) is 8.67. The Morgan fingerprint density at radius 2 is 2.04 bits per heavy atom. The van der Waals surface area contributed by atoms with E-state index < -0.39 is 6.10 Å². The Labute approximate surface area is 148 Å². The lowest BCUT2D eigenvalue weighted by Gasteiger charge is -2.16. The minimum Gasteiger partial charge on any atom is -0.490 e. The van der Waals surface area contributed by atoms with E-state index in [-0.39, 0.29) is 6.61 Å². The number of amides is 1. The van der Waals surface area contributed by atoms with Crippen LogP contribution in [-0.4, -0.2) is 43.9 Å². The van der Waals surface area contributed by atoms with Crippen LogP contribution < -0.4 is 15.0 Å². The quantitative estimate of drug-likeness (QED) is 0.540. The normalized spacial score (nSPS) is 14.2. The van der Waals surface area contributed by atoms with Gasteiger partial charge in [0.1, 0.15) is 18.5 Å². The number of nitrogens with zero attached hydrogens (tertiary/aromatic N) is 1. The third-order valence-electron chi connectivity index (χ3n) is 4.39. The first-order chi connectivity index (χ1) is 12.3. The number of carbonyl (C=O) groups is 1. The van der Waals surface area contributed by atoms with Gasteiger partial charge in [0.25, 0.3) is 0 Å². The summed E-state index contributed by atoms with van der Waals surface area (Å²) in [5, 5.41) is 13.4. The van der Waals surface area contributed by atoms with Gasteiger partial charge in [-0.05, 0) is 37.1 Å². The molecule has 1 unspecified atom stereocenters. The molecule has 1 aliphatic heterocycles. The van der Waals surface area contributed by atoms with E-state index in [0.717, 1.165) is 42.8 Å². The maximum absolute atomic E-state index is 11.0. The van der Waals surface area contributed by atoms with Gasteiger partial charge < -0.3 is 20.1 Å². The van der Waals surface area contributed by atoms with Gasteiger partial charge in [0.2, 0.25) is 6.41 Å². The second kappa shape index (κ2) is 8.65. The fraction of sp³-hybridized carbons (Fsp3) is 0.350. The molecular formula is C20H24N2O3. The van der Waals surface area contributed by atoms with Crippen molar-refractivity contribution in [2.45, 2.75) is 18.9 Å². The van der Waals surface area contributed by atoms with Crippen LogP contribution in [0.25, 0.3) is 0 Å². The summed E-state index contributed by atoms with van der Waals surface area (Å²) in [6, 6.07) is 15.9. The number of hydrogen-bond donors (Lipinski definition) is 2. The van der Waals surface area contributed by atoms with Crippen molar-refractivity contribution < 1.29 is 14.6 Å². The van der Waals surface area contributed by atoms with Gasteiger partial charge in [-0.15, -0.1) is 0 Å². The zero-order valence-corrected chi connectivity index (χ0v) is 14.2. The monoisotopic (exact) mass is 340 g/mol. The van der Waals surface area contributed by atoms with Crippen molar-refractivity contribution in [2.75, 3.05) is 31.1 Å². The lowest BCUT2D eigenvalue weighted by molar-refractivity contribution is -0.107. The summed E-state index contributed by atoms with van der Waals surface area (Å²) in [6.45, 7) is 2.22. The van der Waals surface area contributed by atoms with Crippen LogP contribution in [0.5, 0.6) is 5.75 Å². The van der Waals surface area contributed by atoms with Gasteiger partial charge in [-0.25, -0.2) is 0 Å². The minimum atomic E-state index is -0.574. The number of nitrogens with one attached hydrogen (secondary N) is 1. The molecule has 5 nitrogen and oxygen atoms in total. The molecule has 1 amide bonds. The fourth-order valence-electron chi connectivity index (χ4n) is 3.06. The molecule has 25 heavy (non-hydrogen) atoms. The summed E-state index contributed by atoms with van der Waals surface area (Å²) in [7, 11) is 0. The maximum atomic E-state index is 11.0. The molecule has 1 aliphatic rings. The topological polar surface area (TPSA) is 61.8 Å². The Kier molecular flexibility index (Phi) is 6.04. The highest BCUT2D eigenvalue weighted by Crippen LogP contribution is 2.34. The molecule has 132 valence electrons. The van der Waals surface area contributed by atoms with E-state index in [2.05, 4.69) is 17.4 Å². The molecule has 3 rings (SSSR count). The van der Waals surface area contributed by atoms with E-state index in [1.807, 2.05) is 36.4 Å². The van der Waals surface area contributed by atoms with E-state index >= 15 is 0 Å². The molecule has 5 heteroatoms. The molecule has 0 bridgehead atoms. The Morgan fingerprint density at radius 3 is 2.84 bits per heavy atom. The van der Waals surface area contributed by atoms with E-state index in [1.165, 1.54) is 5.56 Å².